The first-order valence-electron chi connectivity index (χ1n) is 6.91. The molecule has 2 unspecified atom stereocenters. The van der Waals surface area contributed by atoms with E-state index in [1.54, 1.807) is 36.1 Å². The number of hydrogen-bond acceptors (Lipinski definition) is 3. The molecule has 2 rings (SSSR count). The van der Waals surface area contributed by atoms with Gasteiger partial charge in [0, 0.05) is 18.1 Å². The van der Waals surface area contributed by atoms with Crippen molar-refractivity contribution >= 4 is 23.5 Å². The lowest BCUT2D eigenvalue weighted by molar-refractivity contribution is -0.147. The molecule has 0 aliphatic carbocycles. The van der Waals surface area contributed by atoms with Crippen LogP contribution in [0.4, 0.5) is 0 Å². The van der Waals surface area contributed by atoms with Crippen LogP contribution >= 0.6 is 11.6 Å². The standard InChI is InChI=1S/C15H18ClNO4/c1-10(21-13-6-4-12(16)5-7-13)14(18)17-8-2-3-11(9-17)15(19)20/h4-7,10-11H,2-3,8-9H2,1H3,(H,19,20). The van der Waals surface area contributed by atoms with Crippen molar-refractivity contribution in [1.29, 1.82) is 0 Å². The summed E-state index contributed by atoms with van der Waals surface area (Å²) in [6.45, 7) is 2.50. The molecule has 0 aromatic heterocycles. The van der Waals surface area contributed by atoms with E-state index in [9.17, 15) is 9.59 Å². The number of likely N-dealkylation sites (tertiary alicyclic amines) is 1. The number of rotatable bonds is 4. The maximum atomic E-state index is 12.3. The number of carboxylic acid groups (broad SMARTS) is 1. The molecule has 21 heavy (non-hydrogen) atoms. The molecule has 1 aromatic rings. The van der Waals surface area contributed by atoms with E-state index in [4.69, 9.17) is 21.4 Å². The molecular formula is C15H18ClNO4. The van der Waals surface area contributed by atoms with Crippen molar-refractivity contribution in [3.05, 3.63) is 29.3 Å². The van der Waals surface area contributed by atoms with Gasteiger partial charge in [-0.15, -0.1) is 0 Å². The second kappa shape index (κ2) is 6.80. The Hall–Kier alpha value is -1.75. The molecule has 1 aromatic carbocycles. The van der Waals surface area contributed by atoms with Gasteiger partial charge < -0.3 is 14.7 Å². The maximum Gasteiger partial charge on any atom is 0.308 e. The van der Waals surface area contributed by atoms with Crippen molar-refractivity contribution < 1.29 is 19.4 Å². The Morgan fingerprint density at radius 1 is 1.38 bits per heavy atom. The molecule has 1 amide bonds. The Balaban J connectivity index is 1.95. The number of carbonyl (C=O) groups excluding carboxylic acids is 1. The first-order chi connectivity index (χ1) is 9.97. The smallest absolute Gasteiger partial charge is 0.308 e. The number of halogens is 1. The highest BCUT2D eigenvalue weighted by atomic mass is 35.5. The van der Waals surface area contributed by atoms with Gasteiger partial charge >= 0.3 is 5.97 Å². The number of nitrogens with zero attached hydrogens (tertiary/aromatic N) is 1. The van der Waals surface area contributed by atoms with Crippen LogP contribution in [0.5, 0.6) is 5.75 Å². The molecule has 1 N–H and O–H groups in total. The van der Waals surface area contributed by atoms with Crippen molar-refractivity contribution in [1.82, 2.24) is 4.90 Å². The molecule has 5 nitrogen and oxygen atoms in total. The number of ether oxygens (including phenoxy) is 1. The van der Waals surface area contributed by atoms with E-state index in [0.717, 1.165) is 0 Å². The molecule has 0 spiro atoms. The van der Waals surface area contributed by atoms with Crippen molar-refractivity contribution in [2.24, 2.45) is 5.92 Å². The van der Waals surface area contributed by atoms with E-state index >= 15 is 0 Å². The zero-order chi connectivity index (χ0) is 15.4. The number of hydrogen-bond donors (Lipinski definition) is 1. The van der Waals surface area contributed by atoms with Gasteiger partial charge in [-0.2, -0.15) is 0 Å². The lowest BCUT2D eigenvalue weighted by Crippen LogP contribution is -2.47. The number of piperidine rings is 1. The third-order valence-electron chi connectivity index (χ3n) is 3.56. The lowest BCUT2D eigenvalue weighted by Gasteiger charge is -2.32. The molecular weight excluding hydrogens is 294 g/mol. The molecule has 1 saturated heterocycles. The summed E-state index contributed by atoms with van der Waals surface area (Å²) in [5.41, 5.74) is 0. The molecule has 6 heteroatoms. The van der Waals surface area contributed by atoms with Gasteiger partial charge in [0.05, 0.1) is 5.92 Å². The van der Waals surface area contributed by atoms with E-state index in [1.807, 2.05) is 0 Å². The number of amides is 1. The normalized spacial score (nSPS) is 19.9. The van der Waals surface area contributed by atoms with Crippen LogP contribution in [0.15, 0.2) is 24.3 Å². The minimum absolute atomic E-state index is 0.184. The van der Waals surface area contributed by atoms with Gasteiger partial charge in [-0.1, -0.05) is 11.6 Å². The molecule has 2 atom stereocenters. The van der Waals surface area contributed by atoms with Gasteiger partial charge in [0.15, 0.2) is 6.10 Å². The highest BCUT2D eigenvalue weighted by Gasteiger charge is 2.30. The largest absolute Gasteiger partial charge is 0.481 e. The van der Waals surface area contributed by atoms with Crippen LogP contribution in [0.2, 0.25) is 5.02 Å². The minimum atomic E-state index is -0.848. The topological polar surface area (TPSA) is 66.8 Å². The predicted molar refractivity (Wildman–Crippen MR) is 78.5 cm³/mol. The van der Waals surface area contributed by atoms with Crippen LogP contribution in [0.3, 0.4) is 0 Å². The summed E-state index contributed by atoms with van der Waals surface area (Å²) in [4.78, 5) is 24.9. The van der Waals surface area contributed by atoms with E-state index in [-0.39, 0.29) is 12.5 Å². The average molecular weight is 312 g/mol. The number of carboxylic acids is 1. The van der Waals surface area contributed by atoms with Crippen LogP contribution < -0.4 is 4.74 Å². The number of benzene rings is 1. The van der Waals surface area contributed by atoms with Crippen LogP contribution in [0.1, 0.15) is 19.8 Å². The quantitative estimate of drug-likeness (QED) is 0.927. The highest BCUT2D eigenvalue weighted by molar-refractivity contribution is 6.30. The zero-order valence-electron chi connectivity index (χ0n) is 11.8. The Morgan fingerprint density at radius 3 is 2.67 bits per heavy atom. The summed E-state index contributed by atoms with van der Waals surface area (Å²) < 4.78 is 5.58. The Labute approximate surface area is 128 Å². The van der Waals surface area contributed by atoms with E-state index in [1.165, 1.54) is 0 Å². The van der Waals surface area contributed by atoms with Crippen molar-refractivity contribution in [2.75, 3.05) is 13.1 Å². The summed E-state index contributed by atoms with van der Waals surface area (Å²) in [5.74, 6) is -0.952. The zero-order valence-corrected chi connectivity index (χ0v) is 12.5. The molecule has 0 saturated carbocycles. The van der Waals surface area contributed by atoms with Crippen molar-refractivity contribution in [3.8, 4) is 5.75 Å². The molecule has 1 fully saturated rings. The monoisotopic (exact) mass is 311 g/mol. The lowest BCUT2D eigenvalue weighted by atomic mass is 9.98. The van der Waals surface area contributed by atoms with Gasteiger partial charge in [0.2, 0.25) is 0 Å². The number of aliphatic carboxylic acids is 1. The summed E-state index contributed by atoms with van der Waals surface area (Å²) in [6.07, 6.45) is 0.667. The molecule has 0 bridgehead atoms. The summed E-state index contributed by atoms with van der Waals surface area (Å²) in [5, 5.41) is 9.65. The van der Waals surface area contributed by atoms with Gasteiger partial charge in [0.25, 0.3) is 5.91 Å². The Bertz CT molecular complexity index is 517. The fourth-order valence-electron chi connectivity index (χ4n) is 2.40. The Morgan fingerprint density at radius 2 is 2.05 bits per heavy atom. The molecule has 1 aliphatic rings. The molecule has 114 valence electrons. The molecule has 1 heterocycles. The number of carbonyl (C=O) groups is 2. The van der Waals surface area contributed by atoms with E-state index < -0.39 is 18.0 Å². The van der Waals surface area contributed by atoms with Gasteiger partial charge in [-0.3, -0.25) is 9.59 Å². The molecule has 1 aliphatic heterocycles. The fourth-order valence-corrected chi connectivity index (χ4v) is 2.53. The van der Waals surface area contributed by atoms with Gasteiger partial charge in [-0.25, -0.2) is 0 Å². The third-order valence-corrected chi connectivity index (χ3v) is 3.81. The second-order valence-electron chi connectivity index (χ2n) is 5.18. The highest BCUT2D eigenvalue weighted by Crippen LogP contribution is 2.20. The van der Waals surface area contributed by atoms with E-state index in [0.29, 0.717) is 30.2 Å². The maximum absolute atomic E-state index is 12.3. The molecule has 0 radical (unpaired) electrons. The SMILES string of the molecule is CC(Oc1ccc(Cl)cc1)C(=O)N1CCCC(C(=O)O)C1. The third kappa shape index (κ3) is 4.11. The average Bonchev–Trinajstić information content (AvgIpc) is 2.49. The first kappa shape index (κ1) is 15.6. The van der Waals surface area contributed by atoms with Crippen LogP contribution in [0, 0.1) is 5.92 Å². The van der Waals surface area contributed by atoms with Crippen LogP contribution in [0.25, 0.3) is 0 Å². The van der Waals surface area contributed by atoms with Crippen molar-refractivity contribution in [2.45, 2.75) is 25.9 Å². The minimum Gasteiger partial charge on any atom is -0.481 e. The van der Waals surface area contributed by atoms with E-state index in [2.05, 4.69) is 0 Å². The summed E-state index contributed by atoms with van der Waals surface area (Å²) >= 11 is 5.79. The van der Waals surface area contributed by atoms with Crippen LogP contribution in [-0.4, -0.2) is 41.1 Å². The summed E-state index contributed by atoms with van der Waals surface area (Å²) in [7, 11) is 0. The van der Waals surface area contributed by atoms with Crippen molar-refractivity contribution in [3.63, 3.8) is 0 Å². The summed E-state index contributed by atoms with van der Waals surface area (Å²) in [6, 6.07) is 6.77. The van der Waals surface area contributed by atoms with Gasteiger partial charge in [-0.05, 0) is 44.0 Å². The van der Waals surface area contributed by atoms with Gasteiger partial charge in [0.1, 0.15) is 5.75 Å². The Kier molecular flexibility index (Phi) is 5.07. The fraction of sp³-hybridized carbons (Fsp3) is 0.467. The predicted octanol–water partition coefficient (Wildman–Crippen LogP) is 2.43. The first-order valence-corrected chi connectivity index (χ1v) is 7.29. The van der Waals surface area contributed by atoms with Crippen LogP contribution in [-0.2, 0) is 9.59 Å². The second-order valence-corrected chi connectivity index (χ2v) is 5.61.